The highest BCUT2D eigenvalue weighted by molar-refractivity contribution is 14.1. The summed E-state index contributed by atoms with van der Waals surface area (Å²) in [5.74, 6) is 0.0435. The highest BCUT2D eigenvalue weighted by atomic mass is 127. The van der Waals surface area contributed by atoms with Crippen LogP contribution in [0.15, 0.2) is 24.7 Å². The molecule has 0 unspecified atom stereocenters. The van der Waals surface area contributed by atoms with Crippen molar-refractivity contribution in [3.63, 3.8) is 0 Å². The Morgan fingerprint density at radius 2 is 2.13 bits per heavy atom. The molecule has 0 spiro atoms. The van der Waals surface area contributed by atoms with E-state index in [4.69, 9.17) is 0 Å². The molecule has 1 amide bonds. The third-order valence-corrected chi connectivity index (χ3v) is 4.96. The molecule has 0 aromatic carbocycles. The van der Waals surface area contributed by atoms with E-state index in [2.05, 4.69) is 58.9 Å². The van der Waals surface area contributed by atoms with Gasteiger partial charge in [0.05, 0.1) is 22.4 Å². The standard InChI is InChI=1S/C16H24IN5O/c1-12-13(17)10-19-22(12)9-6-15(23)20-14(16(2,3)4)11-21-8-5-7-18-21/h5,7-8,10,14H,6,9,11H2,1-4H3,(H,20,23)/t14-/m1/s1. The van der Waals surface area contributed by atoms with Crippen LogP contribution < -0.4 is 5.32 Å². The van der Waals surface area contributed by atoms with Crippen molar-refractivity contribution in [2.24, 2.45) is 5.41 Å². The van der Waals surface area contributed by atoms with E-state index in [1.807, 2.05) is 34.7 Å². The van der Waals surface area contributed by atoms with Crippen LogP contribution in [-0.4, -0.2) is 31.5 Å². The van der Waals surface area contributed by atoms with Crippen molar-refractivity contribution >= 4 is 28.5 Å². The minimum atomic E-state index is -0.0431. The fourth-order valence-corrected chi connectivity index (χ4v) is 2.66. The Morgan fingerprint density at radius 3 is 2.65 bits per heavy atom. The lowest BCUT2D eigenvalue weighted by molar-refractivity contribution is -0.123. The molecule has 0 bridgehead atoms. The number of carbonyl (C=O) groups excluding carboxylic acids is 1. The lowest BCUT2D eigenvalue weighted by Crippen LogP contribution is -2.46. The highest BCUT2D eigenvalue weighted by Crippen LogP contribution is 2.21. The molecule has 6 nitrogen and oxygen atoms in total. The maximum atomic E-state index is 12.3. The van der Waals surface area contributed by atoms with Gasteiger partial charge in [0.2, 0.25) is 5.91 Å². The number of nitrogens with zero attached hydrogens (tertiary/aromatic N) is 4. The van der Waals surface area contributed by atoms with Crippen molar-refractivity contribution in [2.75, 3.05) is 0 Å². The molecule has 0 aliphatic rings. The number of aromatic nitrogens is 4. The van der Waals surface area contributed by atoms with Crippen molar-refractivity contribution < 1.29 is 4.79 Å². The van der Waals surface area contributed by atoms with Crippen LogP contribution in [0.2, 0.25) is 0 Å². The Balaban J connectivity index is 1.93. The van der Waals surface area contributed by atoms with E-state index in [-0.39, 0.29) is 17.4 Å². The number of halogens is 1. The zero-order valence-electron chi connectivity index (χ0n) is 14.1. The number of amides is 1. The third kappa shape index (κ3) is 5.05. The smallest absolute Gasteiger partial charge is 0.222 e. The molecule has 2 rings (SSSR count). The van der Waals surface area contributed by atoms with Crippen LogP contribution in [0.3, 0.4) is 0 Å². The zero-order chi connectivity index (χ0) is 17.0. The van der Waals surface area contributed by atoms with Gasteiger partial charge in [0.25, 0.3) is 0 Å². The second-order valence-electron chi connectivity index (χ2n) is 6.77. The average molecular weight is 429 g/mol. The molecule has 23 heavy (non-hydrogen) atoms. The van der Waals surface area contributed by atoms with Crippen LogP contribution >= 0.6 is 22.6 Å². The van der Waals surface area contributed by atoms with Gasteiger partial charge in [-0.3, -0.25) is 14.2 Å². The van der Waals surface area contributed by atoms with Crippen LogP contribution in [0.25, 0.3) is 0 Å². The number of aryl methyl sites for hydroxylation is 1. The third-order valence-electron chi connectivity index (χ3n) is 3.90. The molecular weight excluding hydrogens is 405 g/mol. The summed E-state index contributed by atoms with van der Waals surface area (Å²) in [6.45, 7) is 9.66. The molecule has 2 aromatic rings. The van der Waals surface area contributed by atoms with Gasteiger partial charge in [-0.15, -0.1) is 0 Å². The number of carbonyl (C=O) groups is 1. The molecule has 7 heteroatoms. The molecule has 0 saturated carbocycles. The van der Waals surface area contributed by atoms with E-state index in [1.54, 1.807) is 6.20 Å². The van der Waals surface area contributed by atoms with Gasteiger partial charge in [-0.05, 0) is 41.0 Å². The Bertz CT molecular complexity index is 642. The topological polar surface area (TPSA) is 64.7 Å². The predicted octanol–water partition coefficient (Wildman–Crippen LogP) is 2.61. The van der Waals surface area contributed by atoms with Crippen LogP contribution in [0.1, 0.15) is 32.9 Å². The first-order chi connectivity index (χ1) is 10.8. The minimum absolute atomic E-state index is 0.0220. The molecule has 2 heterocycles. The summed E-state index contributed by atoms with van der Waals surface area (Å²) >= 11 is 2.25. The van der Waals surface area contributed by atoms with E-state index in [1.165, 1.54) is 0 Å². The second-order valence-corrected chi connectivity index (χ2v) is 7.93. The first kappa shape index (κ1) is 18.0. The van der Waals surface area contributed by atoms with Gasteiger partial charge in [0.15, 0.2) is 0 Å². The summed E-state index contributed by atoms with van der Waals surface area (Å²) in [5, 5.41) is 11.7. The first-order valence-electron chi connectivity index (χ1n) is 7.72. The molecule has 126 valence electrons. The SMILES string of the molecule is Cc1c(I)cnn1CCC(=O)N[C@H](Cn1cccn1)C(C)(C)C. The predicted molar refractivity (Wildman–Crippen MR) is 97.9 cm³/mol. The summed E-state index contributed by atoms with van der Waals surface area (Å²) in [6, 6.07) is 1.91. The minimum Gasteiger partial charge on any atom is -0.351 e. The van der Waals surface area contributed by atoms with Crippen LogP contribution in [0.5, 0.6) is 0 Å². The van der Waals surface area contributed by atoms with Crippen molar-refractivity contribution in [2.45, 2.75) is 53.2 Å². The van der Waals surface area contributed by atoms with Gasteiger partial charge < -0.3 is 5.32 Å². The molecule has 0 saturated heterocycles. The monoisotopic (exact) mass is 429 g/mol. The Hall–Kier alpha value is -1.38. The van der Waals surface area contributed by atoms with Gasteiger partial charge in [0.1, 0.15) is 0 Å². The molecule has 0 radical (unpaired) electrons. The molecule has 0 aliphatic heterocycles. The average Bonchev–Trinajstić information content (AvgIpc) is 3.07. The Kier molecular flexibility index (Phi) is 5.83. The second kappa shape index (κ2) is 7.46. The first-order valence-corrected chi connectivity index (χ1v) is 8.80. The summed E-state index contributed by atoms with van der Waals surface area (Å²) in [7, 11) is 0. The number of hydrogen-bond acceptors (Lipinski definition) is 3. The fourth-order valence-electron chi connectivity index (χ4n) is 2.25. The molecule has 2 aromatic heterocycles. The molecule has 0 fully saturated rings. The van der Waals surface area contributed by atoms with Gasteiger partial charge in [0, 0.05) is 31.1 Å². The number of hydrogen-bond donors (Lipinski definition) is 1. The van der Waals surface area contributed by atoms with Crippen LogP contribution in [-0.2, 0) is 17.9 Å². The zero-order valence-corrected chi connectivity index (χ0v) is 16.2. The molecule has 1 N–H and O–H groups in total. The van der Waals surface area contributed by atoms with Crippen molar-refractivity contribution in [1.29, 1.82) is 0 Å². The maximum absolute atomic E-state index is 12.3. The van der Waals surface area contributed by atoms with Gasteiger partial charge >= 0.3 is 0 Å². The van der Waals surface area contributed by atoms with Gasteiger partial charge in [-0.25, -0.2) is 0 Å². The summed E-state index contributed by atoms with van der Waals surface area (Å²) < 4.78 is 4.85. The maximum Gasteiger partial charge on any atom is 0.222 e. The molecule has 1 atom stereocenters. The highest BCUT2D eigenvalue weighted by Gasteiger charge is 2.26. The van der Waals surface area contributed by atoms with E-state index >= 15 is 0 Å². The fraction of sp³-hybridized carbons (Fsp3) is 0.562. The quantitative estimate of drug-likeness (QED) is 0.719. The van der Waals surface area contributed by atoms with E-state index < -0.39 is 0 Å². The summed E-state index contributed by atoms with van der Waals surface area (Å²) in [4.78, 5) is 12.3. The number of rotatable bonds is 6. The van der Waals surface area contributed by atoms with Crippen molar-refractivity contribution in [3.05, 3.63) is 33.9 Å². The van der Waals surface area contributed by atoms with Crippen LogP contribution in [0.4, 0.5) is 0 Å². The van der Waals surface area contributed by atoms with Crippen LogP contribution in [0, 0.1) is 15.9 Å². The van der Waals surface area contributed by atoms with Crippen molar-refractivity contribution in [1.82, 2.24) is 24.9 Å². The Labute approximate surface area is 150 Å². The molecule has 0 aliphatic carbocycles. The normalized spacial score (nSPS) is 13.1. The number of nitrogens with one attached hydrogen (secondary N) is 1. The van der Waals surface area contributed by atoms with Gasteiger partial charge in [-0.2, -0.15) is 10.2 Å². The molecular formula is C16H24IN5O. The van der Waals surface area contributed by atoms with E-state index in [0.29, 0.717) is 19.5 Å². The van der Waals surface area contributed by atoms with Crippen molar-refractivity contribution in [3.8, 4) is 0 Å². The van der Waals surface area contributed by atoms with E-state index in [9.17, 15) is 4.79 Å². The summed E-state index contributed by atoms with van der Waals surface area (Å²) in [6.07, 6.45) is 5.91. The van der Waals surface area contributed by atoms with E-state index in [0.717, 1.165) is 9.26 Å². The lowest BCUT2D eigenvalue weighted by Gasteiger charge is -2.31. The van der Waals surface area contributed by atoms with Gasteiger partial charge in [-0.1, -0.05) is 20.8 Å². The lowest BCUT2D eigenvalue weighted by atomic mass is 9.86. The summed E-state index contributed by atoms with van der Waals surface area (Å²) in [5.41, 5.74) is 1.06. The largest absolute Gasteiger partial charge is 0.351 e. The Morgan fingerprint density at radius 1 is 1.39 bits per heavy atom.